The van der Waals surface area contributed by atoms with Gasteiger partial charge in [0.1, 0.15) is 18.1 Å². The maximum Gasteiger partial charge on any atom is 0.326 e. The van der Waals surface area contributed by atoms with Gasteiger partial charge < -0.3 is 42.5 Å². The highest BCUT2D eigenvalue weighted by atomic mass is 32.2. The SMILES string of the molecule is CSCCC(NC(=O)C(CC(N)=O)NC(=O)C(N)Cc1c[nH]c2ccccc12)C(=O)NC(Cc1cnc[nH]1)C(=O)O. The molecule has 14 nitrogen and oxygen atoms in total. The minimum absolute atomic E-state index is 0.0566. The minimum atomic E-state index is -1.40. The van der Waals surface area contributed by atoms with Crippen molar-refractivity contribution in [3.05, 3.63) is 54.2 Å². The third kappa shape index (κ3) is 9.08. The third-order valence-electron chi connectivity index (χ3n) is 6.33. The molecule has 4 atom stereocenters. The first kappa shape index (κ1) is 31.2. The predicted molar refractivity (Wildman–Crippen MR) is 153 cm³/mol. The molecule has 0 spiro atoms. The zero-order chi connectivity index (χ0) is 29.9. The highest BCUT2D eigenvalue weighted by Crippen LogP contribution is 2.19. The van der Waals surface area contributed by atoms with E-state index in [4.69, 9.17) is 11.5 Å². The number of carbonyl (C=O) groups is 5. The van der Waals surface area contributed by atoms with Gasteiger partial charge in [0.2, 0.25) is 23.6 Å². The van der Waals surface area contributed by atoms with E-state index >= 15 is 0 Å². The van der Waals surface area contributed by atoms with Crippen LogP contribution in [0.4, 0.5) is 0 Å². The Balaban J connectivity index is 1.68. The molecule has 0 radical (unpaired) electrons. The number of nitrogens with two attached hydrogens (primary N) is 2. The highest BCUT2D eigenvalue weighted by molar-refractivity contribution is 7.98. The van der Waals surface area contributed by atoms with Gasteiger partial charge in [-0.3, -0.25) is 19.2 Å². The Bertz CT molecular complexity index is 1360. The molecular weight excluding hydrogens is 552 g/mol. The van der Waals surface area contributed by atoms with Crippen LogP contribution < -0.4 is 27.4 Å². The fourth-order valence-corrected chi connectivity index (χ4v) is 4.66. The molecule has 1 aromatic carbocycles. The molecule has 0 saturated carbocycles. The lowest BCUT2D eigenvalue weighted by Gasteiger charge is -2.24. The Kier molecular flexibility index (Phi) is 11.3. The average molecular weight is 587 g/mol. The Morgan fingerprint density at radius 2 is 1.66 bits per heavy atom. The Labute approximate surface area is 239 Å². The fraction of sp³-hybridized carbons (Fsp3) is 0.385. The number of aromatic nitrogens is 3. The van der Waals surface area contributed by atoms with E-state index in [2.05, 4.69) is 30.9 Å². The van der Waals surface area contributed by atoms with Crippen LogP contribution in [0.25, 0.3) is 10.9 Å². The van der Waals surface area contributed by atoms with Gasteiger partial charge in [-0.05, 0) is 36.5 Å². The number of rotatable bonds is 16. The van der Waals surface area contributed by atoms with Gasteiger partial charge in [0.25, 0.3) is 0 Å². The van der Waals surface area contributed by atoms with Crippen molar-refractivity contribution in [1.29, 1.82) is 0 Å². The van der Waals surface area contributed by atoms with Gasteiger partial charge in [0.05, 0.1) is 18.8 Å². The first-order valence-electron chi connectivity index (χ1n) is 12.8. The molecule has 0 saturated heterocycles. The largest absolute Gasteiger partial charge is 0.480 e. The molecule has 0 aliphatic rings. The van der Waals surface area contributed by atoms with Crippen molar-refractivity contribution in [2.45, 2.75) is 49.9 Å². The molecule has 10 N–H and O–H groups in total. The van der Waals surface area contributed by atoms with Crippen LogP contribution in [0, 0.1) is 0 Å². The zero-order valence-electron chi connectivity index (χ0n) is 22.4. The lowest BCUT2D eigenvalue weighted by atomic mass is 10.0. The van der Waals surface area contributed by atoms with E-state index in [1.54, 1.807) is 12.5 Å². The van der Waals surface area contributed by atoms with E-state index < -0.39 is 60.2 Å². The van der Waals surface area contributed by atoms with E-state index in [1.165, 1.54) is 24.3 Å². The van der Waals surface area contributed by atoms with Crippen molar-refractivity contribution >= 4 is 52.3 Å². The summed E-state index contributed by atoms with van der Waals surface area (Å²) in [5.41, 5.74) is 13.6. The van der Waals surface area contributed by atoms with Gasteiger partial charge in [-0.25, -0.2) is 9.78 Å². The number of hydrogen-bond acceptors (Lipinski definition) is 8. The lowest BCUT2D eigenvalue weighted by molar-refractivity contribution is -0.142. The van der Waals surface area contributed by atoms with E-state index in [1.807, 2.05) is 24.3 Å². The van der Waals surface area contributed by atoms with Crippen LogP contribution in [-0.2, 0) is 36.8 Å². The Morgan fingerprint density at radius 1 is 0.976 bits per heavy atom. The molecule has 41 heavy (non-hydrogen) atoms. The van der Waals surface area contributed by atoms with Crippen LogP contribution in [0.15, 0.2) is 43.0 Å². The van der Waals surface area contributed by atoms with Crippen molar-refractivity contribution in [3.63, 3.8) is 0 Å². The van der Waals surface area contributed by atoms with E-state index in [0.717, 1.165) is 16.5 Å². The maximum absolute atomic E-state index is 13.2. The molecule has 2 aromatic heterocycles. The summed E-state index contributed by atoms with van der Waals surface area (Å²) in [5.74, 6) is -3.93. The van der Waals surface area contributed by atoms with Gasteiger partial charge in [-0.15, -0.1) is 0 Å². The third-order valence-corrected chi connectivity index (χ3v) is 6.97. The molecule has 0 bridgehead atoms. The molecular formula is C26H34N8O6S. The van der Waals surface area contributed by atoms with Crippen LogP contribution >= 0.6 is 11.8 Å². The first-order chi connectivity index (χ1) is 19.6. The van der Waals surface area contributed by atoms with Crippen LogP contribution in [0.5, 0.6) is 0 Å². The second-order valence-corrected chi connectivity index (χ2v) is 10.4. The first-order valence-corrected chi connectivity index (χ1v) is 14.2. The number of amides is 4. The molecule has 4 amide bonds. The second-order valence-electron chi connectivity index (χ2n) is 9.42. The van der Waals surface area contributed by atoms with Gasteiger partial charge >= 0.3 is 5.97 Å². The van der Waals surface area contributed by atoms with Crippen LogP contribution in [-0.4, -0.2) is 85.8 Å². The molecule has 2 heterocycles. The number of carboxylic acid groups (broad SMARTS) is 1. The quantitative estimate of drug-likeness (QED) is 0.104. The van der Waals surface area contributed by atoms with E-state index in [-0.39, 0.29) is 19.3 Å². The molecule has 0 aliphatic carbocycles. The fourth-order valence-electron chi connectivity index (χ4n) is 4.18. The molecule has 15 heteroatoms. The normalized spacial score (nSPS) is 14.0. The predicted octanol–water partition coefficient (Wildman–Crippen LogP) is -0.829. The zero-order valence-corrected chi connectivity index (χ0v) is 23.2. The smallest absolute Gasteiger partial charge is 0.326 e. The van der Waals surface area contributed by atoms with Crippen molar-refractivity contribution < 1.29 is 29.1 Å². The van der Waals surface area contributed by atoms with Crippen molar-refractivity contribution in [2.75, 3.05) is 12.0 Å². The molecule has 220 valence electrons. The second kappa shape index (κ2) is 14.9. The number of benzene rings is 1. The maximum atomic E-state index is 13.2. The van der Waals surface area contributed by atoms with Crippen molar-refractivity contribution in [3.8, 4) is 0 Å². The standard InChI is InChI=1S/C26H34N8O6S/c1-41-7-6-19(24(37)34-21(26(39)40)9-15-12-29-13-31-15)32-25(38)20(10-22(28)35)33-23(36)17(27)8-14-11-30-18-5-3-2-4-16(14)18/h2-5,11-13,17,19-21,30H,6-10,27H2,1H3,(H2,28,35)(H,29,31)(H,32,38)(H,33,36)(H,34,37)(H,39,40). The molecule has 0 aliphatic heterocycles. The summed E-state index contributed by atoms with van der Waals surface area (Å²) in [4.78, 5) is 72.4. The van der Waals surface area contributed by atoms with Crippen molar-refractivity contribution in [2.24, 2.45) is 11.5 Å². The highest BCUT2D eigenvalue weighted by Gasteiger charge is 2.31. The molecule has 4 unspecified atom stereocenters. The van der Waals surface area contributed by atoms with Crippen LogP contribution in [0.2, 0.25) is 0 Å². The number of H-pyrrole nitrogens is 2. The Morgan fingerprint density at radius 3 is 2.32 bits per heavy atom. The summed E-state index contributed by atoms with van der Waals surface area (Å²) in [6.45, 7) is 0. The number of nitrogens with zero attached hydrogens (tertiary/aromatic N) is 1. The molecule has 3 aromatic rings. The number of carboxylic acids is 1. The summed E-state index contributed by atoms with van der Waals surface area (Å²) < 4.78 is 0. The summed E-state index contributed by atoms with van der Waals surface area (Å²) in [6.07, 6.45) is 6.10. The number of thioether (sulfide) groups is 1. The van der Waals surface area contributed by atoms with Gasteiger partial charge in [0.15, 0.2) is 0 Å². The van der Waals surface area contributed by atoms with Crippen LogP contribution in [0.3, 0.4) is 0 Å². The molecule has 0 fully saturated rings. The number of fused-ring (bicyclic) bond motifs is 1. The van der Waals surface area contributed by atoms with E-state index in [0.29, 0.717) is 11.4 Å². The lowest BCUT2D eigenvalue weighted by Crippen LogP contribution is -2.58. The van der Waals surface area contributed by atoms with Gasteiger partial charge in [0, 0.05) is 35.4 Å². The van der Waals surface area contributed by atoms with Gasteiger partial charge in [-0.2, -0.15) is 11.8 Å². The van der Waals surface area contributed by atoms with Crippen molar-refractivity contribution in [1.82, 2.24) is 30.9 Å². The van der Waals surface area contributed by atoms with Gasteiger partial charge in [-0.1, -0.05) is 18.2 Å². The number of imidazole rings is 1. The number of carbonyl (C=O) groups excluding carboxylic acids is 4. The number of aliphatic carboxylic acids is 1. The summed E-state index contributed by atoms with van der Waals surface area (Å²) in [7, 11) is 0. The number of para-hydroxylation sites is 1. The average Bonchev–Trinajstić information content (AvgIpc) is 3.59. The number of primary amides is 1. The topological polar surface area (TPSA) is 238 Å². The Hall–Kier alpha value is -4.37. The number of aromatic amines is 2. The number of nitrogens with one attached hydrogen (secondary N) is 5. The monoisotopic (exact) mass is 586 g/mol. The minimum Gasteiger partial charge on any atom is -0.480 e. The summed E-state index contributed by atoms with van der Waals surface area (Å²) >= 11 is 1.42. The van der Waals surface area contributed by atoms with Crippen LogP contribution in [0.1, 0.15) is 24.1 Å². The molecule has 3 rings (SSSR count). The number of hydrogen-bond donors (Lipinski definition) is 8. The summed E-state index contributed by atoms with van der Waals surface area (Å²) in [5, 5.41) is 17.9. The summed E-state index contributed by atoms with van der Waals surface area (Å²) in [6, 6.07) is 2.61. The van der Waals surface area contributed by atoms with E-state index in [9.17, 15) is 29.1 Å².